The number of pyridine rings is 1. The number of fused-ring (bicyclic) bond motifs is 2. The van der Waals surface area contributed by atoms with Gasteiger partial charge in [-0.1, -0.05) is 49.4 Å². The highest BCUT2D eigenvalue weighted by Gasteiger charge is 2.67. The number of amides is 1. The molecule has 11 nitrogen and oxygen atoms in total. The molecule has 4 aliphatic carbocycles. The first-order chi connectivity index (χ1) is 25.9. The molecule has 3 aromatic heterocycles. The first kappa shape index (κ1) is 35.1. The Morgan fingerprint density at radius 2 is 1.72 bits per heavy atom. The molecule has 4 heterocycles. The van der Waals surface area contributed by atoms with Crippen LogP contribution in [0.15, 0.2) is 60.8 Å². The SMILES string of the molecule is COCCOC12CC3(C)CC(C)(C1)CC(n1ncc(-c4ccc(N5CCc6cccc(C(=O)Nc7nc8ccccc8s7)c6C5)nc4C(=O)O)c1C)(C3)C2. The van der Waals surface area contributed by atoms with Crippen LogP contribution in [0.5, 0.6) is 0 Å². The number of ether oxygens (including phenoxy) is 2. The Kier molecular flexibility index (Phi) is 8.26. The van der Waals surface area contributed by atoms with Gasteiger partial charge in [0.25, 0.3) is 5.91 Å². The van der Waals surface area contributed by atoms with Gasteiger partial charge in [-0.25, -0.2) is 14.8 Å². The fourth-order valence-electron chi connectivity index (χ4n) is 11.5. The number of carboxylic acid groups (broad SMARTS) is 1. The number of nitrogens with zero attached hydrogens (tertiary/aromatic N) is 5. The van der Waals surface area contributed by atoms with Crippen LogP contribution in [0.2, 0.25) is 0 Å². The summed E-state index contributed by atoms with van der Waals surface area (Å²) in [6.07, 6.45) is 8.71. The van der Waals surface area contributed by atoms with Crippen LogP contribution in [0.4, 0.5) is 10.9 Å². The van der Waals surface area contributed by atoms with Crippen LogP contribution >= 0.6 is 11.3 Å². The molecule has 1 aliphatic heterocycles. The van der Waals surface area contributed by atoms with E-state index < -0.39 is 5.97 Å². The Hall–Kier alpha value is -4.65. The Balaban J connectivity index is 1.00. The fraction of sp³-hybridized carbons (Fsp3) is 0.452. The minimum atomic E-state index is -1.09. The molecule has 4 bridgehead atoms. The third kappa shape index (κ3) is 5.90. The van der Waals surface area contributed by atoms with Crippen LogP contribution in [0, 0.1) is 17.8 Å². The van der Waals surface area contributed by atoms with E-state index >= 15 is 0 Å². The summed E-state index contributed by atoms with van der Waals surface area (Å²) in [5.41, 5.74) is 5.52. The van der Waals surface area contributed by atoms with E-state index in [1.165, 1.54) is 17.8 Å². The number of methoxy groups -OCH3 is 1. The fourth-order valence-corrected chi connectivity index (χ4v) is 12.3. The maximum absolute atomic E-state index is 13.6. The van der Waals surface area contributed by atoms with Crippen molar-refractivity contribution in [2.75, 3.05) is 37.1 Å². The Bertz CT molecular complexity index is 2260. The zero-order valence-corrected chi connectivity index (χ0v) is 32.1. The van der Waals surface area contributed by atoms with E-state index in [-0.39, 0.29) is 33.6 Å². The number of anilines is 2. The molecule has 1 amide bonds. The van der Waals surface area contributed by atoms with Gasteiger partial charge in [-0.15, -0.1) is 0 Å². The van der Waals surface area contributed by atoms with Crippen molar-refractivity contribution in [3.8, 4) is 11.1 Å². The number of carboxylic acids is 1. The van der Waals surface area contributed by atoms with Crippen molar-refractivity contribution < 1.29 is 24.2 Å². The van der Waals surface area contributed by atoms with E-state index in [1.807, 2.05) is 54.7 Å². The highest BCUT2D eigenvalue weighted by atomic mass is 32.1. The number of benzene rings is 2. The van der Waals surface area contributed by atoms with Gasteiger partial charge in [0.15, 0.2) is 10.8 Å². The number of para-hydroxylation sites is 1. The van der Waals surface area contributed by atoms with Crippen LogP contribution in [-0.2, 0) is 28.0 Å². The summed E-state index contributed by atoms with van der Waals surface area (Å²) < 4.78 is 15.3. The van der Waals surface area contributed by atoms with E-state index in [4.69, 9.17) is 19.6 Å². The zero-order chi connectivity index (χ0) is 37.5. The first-order valence-electron chi connectivity index (χ1n) is 18.9. The van der Waals surface area contributed by atoms with Crippen LogP contribution in [0.3, 0.4) is 0 Å². The quantitative estimate of drug-likeness (QED) is 0.137. The highest BCUT2D eigenvalue weighted by molar-refractivity contribution is 7.22. The predicted molar refractivity (Wildman–Crippen MR) is 208 cm³/mol. The molecule has 10 rings (SSSR count). The number of thiazole rings is 1. The summed E-state index contributed by atoms with van der Waals surface area (Å²) in [5, 5.41) is 19.2. The smallest absolute Gasteiger partial charge is 0.355 e. The second-order valence-electron chi connectivity index (χ2n) is 16.9. The lowest BCUT2D eigenvalue weighted by atomic mass is 9.41. The number of hydrogen-bond donors (Lipinski definition) is 2. The lowest BCUT2D eigenvalue weighted by molar-refractivity contribution is -0.243. The average molecular weight is 747 g/mol. The van der Waals surface area contributed by atoms with E-state index in [1.54, 1.807) is 7.11 Å². The summed E-state index contributed by atoms with van der Waals surface area (Å²) in [5.74, 6) is -0.748. The minimum Gasteiger partial charge on any atom is -0.476 e. The molecular weight excluding hydrogens is 701 g/mol. The molecule has 2 atom stereocenters. The summed E-state index contributed by atoms with van der Waals surface area (Å²) in [7, 11) is 1.71. The Morgan fingerprint density at radius 3 is 2.48 bits per heavy atom. The van der Waals surface area contributed by atoms with Gasteiger partial charge in [0.2, 0.25) is 0 Å². The molecule has 4 fully saturated rings. The number of aromatic carboxylic acids is 1. The van der Waals surface area contributed by atoms with Gasteiger partial charge in [-0.05, 0) is 97.7 Å². The topological polar surface area (TPSA) is 132 Å². The van der Waals surface area contributed by atoms with Crippen LogP contribution < -0.4 is 10.2 Å². The summed E-state index contributed by atoms with van der Waals surface area (Å²) in [4.78, 5) is 38.0. The molecule has 4 saturated carbocycles. The molecule has 2 aromatic carbocycles. The van der Waals surface area contributed by atoms with Crippen LogP contribution in [-0.4, -0.2) is 69.2 Å². The van der Waals surface area contributed by atoms with Crippen molar-refractivity contribution in [3.05, 3.63) is 88.9 Å². The standard InChI is InChI=1S/C42H46N6O5S/c1-26-30(18-43-48(26)41-21-39(2)20-40(3,22-41)24-42(23-39,25-41)53-17-16-52-4)28-12-13-34(45-35(28)37(50)51)47-15-14-27-8-7-9-29(31(27)19-47)36(49)46-38-44-32-10-5-6-11-33(32)54-38/h5-13,18H,14-17,19-25H2,1-4H3,(H,50,51)(H,44,46,49). The van der Waals surface area contributed by atoms with E-state index in [9.17, 15) is 14.7 Å². The third-order valence-electron chi connectivity index (χ3n) is 12.4. The second kappa shape index (κ2) is 12.7. The molecule has 54 heavy (non-hydrogen) atoms. The number of hydrogen-bond acceptors (Lipinski definition) is 9. The van der Waals surface area contributed by atoms with Crippen molar-refractivity contribution in [1.29, 1.82) is 0 Å². The van der Waals surface area contributed by atoms with E-state index in [0.29, 0.717) is 54.8 Å². The van der Waals surface area contributed by atoms with E-state index in [2.05, 4.69) is 46.7 Å². The van der Waals surface area contributed by atoms with Crippen molar-refractivity contribution >= 4 is 44.4 Å². The molecule has 0 radical (unpaired) electrons. The van der Waals surface area contributed by atoms with Crippen molar-refractivity contribution in [2.45, 2.75) is 83.4 Å². The van der Waals surface area contributed by atoms with Crippen LogP contribution in [0.1, 0.15) is 90.0 Å². The molecule has 2 N–H and O–H groups in total. The van der Waals surface area contributed by atoms with Gasteiger partial charge in [-0.3, -0.25) is 14.8 Å². The molecule has 0 saturated heterocycles. The van der Waals surface area contributed by atoms with Gasteiger partial charge < -0.3 is 19.5 Å². The number of nitrogens with one attached hydrogen (secondary N) is 1. The zero-order valence-electron chi connectivity index (χ0n) is 31.3. The monoisotopic (exact) mass is 746 g/mol. The second-order valence-corrected chi connectivity index (χ2v) is 17.9. The van der Waals surface area contributed by atoms with Gasteiger partial charge in [0, 0.05) is 49.0 Å². The first-order valence-corrected chi connectivity index (χ1v) is 19.7. The molecule has 5 aliphatic rings. The lowest BCUT2D eigenvalue weighted by Gasteiger charge is -2.69. The third-order valence-corrected chi connectivity index (χ3v) is 13.4. The van der Waals surface area contributed by atoms with E-state index in [0.717, 1.165) is 64.7 Å². The number of aromatic nitrogens is 4. The van der Waals surface area contributed by atoms with Gasteiger partial charge >= 0.3 is 5.97 Å². The number of rotatable bonds is 10. The largest absolute Gasteiger partial charge is 0.476 e. The average Bonchev–Trinajstić information content (AvgIpc) is 3.72. The Morgan fingerprint density at radius 1 is 0.926 bits per heavy atom. The highest BCUT2D eigenvalue weighted by Crippen LogP contribution is 2.70. The van der Waals surface area contributed by atoms with Crippen molar-refractivity contribution in [2.24, 2.45) is 10.8 Å². The molecule has 5 aromatic rings. The summed E-state index contributed by atoms with van der Waals surface area (Å²) >= 11 is 1.44. The summed E-state index contributed by atoms with van der Waals surface area (Å²) in [6, 6.07) is 17.4. The maximum Gasteiger partial charge on any atom is 0.355 e. The van der Waals surface area contributed by atoms with Crippen molar-refractivity contribution in [1.82, 2.24) is 19.7 Å². The lowest BCUT2D eigenvalue weighted by Crippen LogP contribution is -2.67. The minimum absolute atomic E-state index is 0.00776. The number of carbonyl (C=O) groups is 2. The van der Waals surface area contributed by atoms with Gasteiger partial charge in [0.1, 0.15) is 5.82 Å². The molecule has 0 spiro atoms. The molecule has 2 unspecified atom stereocenters. The molecule has 280 valence electrons. The van der Waals surface area contributed by atoms with Crippen LogP contribution in [0.25, 0.3) is 21.3 Å². The number of carbonyl (C=O) groups excluding carboxylic acids is 1. The molecular formula is C42H46N6O5S. The van der Waals surface area contributed by atoms with Gasteiger partial charge in [-0.2, -0.15) is 5.10 Å². The molecule has 12 heteroatoms. The maximum atomic E-state index is 13.6. The Labute approximate surface area is 318 Å². The predicted octanol–water partition coefficient (Wildman–Crippen LogP) is 7.87. The van der Waals surface area contributed by atoms with Gasteiger partial charge in [0.05, 0.1) is 40.8 Å². The normalized spacial score (nSPS) is 27.0. The summed E-state index contributed by atoms with van der Waals surface area (Å²) in [6.45, 7) is 9.10. The van der Waals surface area contributed by atoms with Crippen molar-refractivity contribution in [3.63, 3.8) is 0 Å².